The molecule has 1 aromatic heterocycles. The third kappa shape index (κ3) is 13.7. The summed E-state index contributed by atoms with van der Waals surface area (Å²) in [5.41, 5.74) is 0. The third-order valence-corrected chi connectivity index (χ3v) is 5.19. The average Bonchev–Trinajstić information content (AvgIpc) is 3.11. The SMILES string of the molecule is CCCCCCCCCCCCCCCCCCCn1cccc1. The highest BCUT2D eigenvalue weighted by molar-refractivity contribution is 4.89. The Kier molecular flexibility index (Phi) is 15.2. The number of unbranched alkanes of at least 4 members (excludes halogenated alkanes) is 16. The molecule has 1 rings (SSSR count). The first kappa shape index (κ1) is 21.3. The molecule has 1 nitrogen and oxygen atoms in total. The van der Waals surface area contributed by atoms with Crippen LogP contribution in [0.1, 0.15) is 116 Å². The van der Waals surface area contributed by atoms with Gasteiger partial charge in [-0.15, -0.1) is 0 Å². The van der Waals surface area contributed by atoms with E-state index in [9.17, 15) is 0 Å². The predicted molar refractivity (Wildman–Crippen MR) is 109 cm³/mol. The van der Waals surface area contributed by atoms with Gasteiger partial charge in [0.2, 0.25) is 0 Å². The van der Waals surface area contributed by atoms with Crippen LogP contribution in [0.5, 0.6) is 0 Å². The van der Waals surface area contributed by atoms with Gasteiger partial charge in [-0.25, -0.2) is 0 Å². The van der Waals surface area contributed by atoms with E-state index in [0.717, 1.165) is 0 Å². The van der Waals surface area contributed by atoms with Crippen molar-refractivity contribution in [3.05, 3.63) is 24.5 Å². The van der Waals surface area contributed by atoms with Gasteiger partial charge in [0.15, 0.2) is 0 Å². The minimum atomic E-state index is 1.20. The number of rotatable bonds is 18. The van der Waals surface area contributed by atoms with Crippen molar-refractivity contribution >= 4 is 0 Å². The minimum absolute atomic E-state index is 1.20. The molecule has 0 N–H and O–H groups in total. The van der Waals surface area contributed by atoms with Gasteiger partial charge in [-0.3, -0.25) is 0 Å². The molecular formula is C23H43N. The van der Waals surface area contributed by atoms with Crippen molar-refractivity contribution in [3.8, 4) is 0 Å². The van der Waals surface area contributed by atoms with Crippen molar-refractivity contribution in [3.63, 3.8) is 0 Å². The average molecular weight is 334 g/mol. The van der Waals surface area contributed by atoms with Crippen LogP contribution < -0.4 is 0 Å². The number of aryl methyl sites for hydroxylation is 1. The van der Waals surface area contributed by atoms with Gasteiger partial charge in [-0.2, -0.15) is 0 Å². The van der Waals surface area contributed by atoms with Crippen molar-refractivity contribution in [2.75, 3.05) is 0 Å². The van der Waals surface area contributed by atoms with E-state index in [1.54, 1.807) is 0 Å². The first-order valence-electron chi connectivity index (χ1n) is 11.0. The van der Waals surface area contributed by atoms with Crippen molar-refractivity contribution < 1.29 is 0 Å². The van der Waals surface area contributed by atoms with Gasteiger partial charge in [0.25, 0.3) is 0 Å². The van der Waals surface area contributed by atoms with Crippen LogP contribution in [0.15, 0.2) is 24.5 Å². The van der Waals surface area contributed by atoms with Gasteiger partial charge in [-0.05, 0) is 18.6 Å². The van der Waals surface area contributed by atoms with Crippen molar-refractivity contribution in [1.29, 1.82) is 0 Å². The van der Waals surface area contributed by atoms with E-state index in [-0.39, 0.29) is 0 Å². The third-order valence-electron chi connectivity index (χ3n) is 5.19. The van der Waals surface area contributed by atoms with Gasteiger partial charge in [0, 0.05) is 18.9 Å². The summed E-state index contributed by atoms with van der Waals surface area (Å²) in [6.07, 6.45) is 29.0. The Balaban J connectivity index is 1.66. The molecule has 0 bridgehead atoms. The summed E-state index contributed by atoms with van der Waals surface area (Å²) in [4.78, 5) is 0. The molecule has 0 saturated carbocycles. The van der Waals surface area contributed by atoms with Crippen molar-refractivity contribution in [2.45, 2.75) is 123 Å². The maximum Gasteiger partial charge on any atom is 0.0219 e. The second-order valence-electron chi connectivity index (χ2n) is 7.58. The summed E-state index contributed by atoms with van der Waals surface area (Å²) in [7, 11) is 0. The lowest BCUT2D eigenvalue weighted by Gasteiger charge is -2.04. The van der Waals surface area contributed by atoms with Crippen LogP contribution in [0, 0.1) is 0 Å². The summed E-state index contributed by atoms with van der Waals surface area (Å²) < 4.78 is 2.30. The molecule has 1 heteroatoms. The Bertz CT molecular complexity index is 328. The molecule has 0 aliphatic carbocycles. The highest BCUT2D eigenvalue weighted by atomic mass is 14.9. The van der Waals surface area contributed by atoms with Crippen LogP contribution in [0.2, 0.25) is 0 Å². The molecule has 1 aromatic rings. The largest absolute Gasteiger partial charge is 0.354 e. The van der Waals surface area contributed by atoms with E-state index in [4.69, 9.17) is 0 Å². The Morgan fingerprint density at radius 1 is 0.458 bits per heavy atom. The van der Waals surface area contributed by atoms with E-state index in [0.29, 0.717) is 0 Å². The molecular weight excluding hydrogens is 290 g/mol. The summed E-state index contributed by atoms with van der Waals surface area (Å²) in [5.74, 6) is 0. The normalized spacial score (nSPS) is 11.2. The van der Waals surface area contributed by atoms with Gasteiger partial charge < -0.3 is 4.57 Å². The van der Waals surface area contributed by atoms with Gasteiger partial charge in [0.1, 0.15) is 0 Å². The van der Waals surface area contributed by atoms with Crippen LogP contribution in [-0.2, 0) is 6.54 Å². The molecule has 1 heterocycles. The molecule has 0 unspecified atom stereocenters. The van der Waals surface area contributed by atoms with Crippen molar-refractivity contribution in [2.24, 2.45) is 0 Å². The Morgan fingerprint density at radius 2 is 0.792 bits per heavy atom. The van der Waals surface area contributed by atoms with Gasteiger partial charge in [-0.1, -0.05) is 110 Å². The zero-order valence-electron chi connectivity index (χ0n) is 16.5. The lowest BCUT2D eigenvalue weighted by Crippen LogP contribution is -1.93. The fourth-order valence-corrected chi connectivity index (χ4v) is 3.54. The second-order valence-corrected chi connectivity index (χ2v) is 7.58. The van der Waals surface area contributed by atoms with E-state index in [1.165, 1.54) is 116 Å². The second kappa shape index (κ2) is 17.1. The number of aromatic nitrogens is 1. The summed E-state index contributed by atoms with van der Waals surface area (Å²) in [6.45, 7) is 3.50. The van der Waals surface area contributed by atoms with E-state index >= 15 is 0 Å². The van der Waals surface area contributed by atoms with Crippen LogP contribution in [0.4, 0.5) is 0 Å². The molecule has 0 aromatic carbocycles. The molecule has 0 radical (unpaired) electrons. The maximum absolute atomic E-state index is 2.30. The standard InChI is InChI=1S/C23H43N/c1-2-3-4-5-6-7-8-9-10-11-12-13-14-15-16-17-18-21-24-22-19-20-23-24/h19-20,22-23H,2-18,21H2,1H3. The summed E-state index contributed by atoms with van der Waals surface area (Å²) in [6, 6.07) is 4.24. The van der Waals surface area contributed by atoms with E-state index in [1.807, 2.05) is 0 Å². The molecule has 0 amide bonds. The Hall–Kier alpha value is -0.720. The maximum atomic E-state index is 2.30. The number of nitrogens with zero attached hydrogens (tertiary/aromatic N) is 1. The highest BCUT2D eigenvalue weighted by Crippen LogP contribution is 2.14. The highest BCUT2D eigenvalue weighted by Gasteiger charge is 1.95. The summed E-state index contributed by atoms with van der Waals surface area (Å²) in [5, 5.41) is 0. The minimum Gasteiger partial charge on any atom is -0.354 e. The zero-order chi connectivity index (χ0) is 17.1. The molecule has 0 atom stereocenters. The molecule has 0 fully saturated rings. The molecule has 0 aliphatic rings. The van der Waals surface area contributed by atoms with Crippen LogP contribution in [0.3, 0.4) is 0 Å². The van der Waals surface area contributed by atoms with Crippen LogP contribution in [0.25, 0.3) is 0 Å². The Labute approximate surface area is 152 Å². The van der Waals surface area contributed by atoms with E-state index in [2.05, 4.69) is 36.0 Å². The predicted octanol–water partition coefficient (Wildman–Crippen LogP) is 8.14. The van der Waals surface area contributed by atoms with Gasteiger partial charge in [0.05, 0.1) is 0 Å². The molecule has 0 aliphatic heterocycles. The molecule has 140 valence electrons. The number of hydrogen-bond acceptors (Lipinski definition) is 0. The Morgan fingerprint density at radius 3 is 1.17 bits per heavy atom. The molecule has 24 heavy (non-hydrogen) atoms. The molecule has 0 spiro atoms. The quantitative estimate of drug-likeness (QED) is 0.239. The smallest absolute Gasteiger partial charge is 0.0219 e. The molecule has 0 saturated heterocycles. The van der Waals surface area contributed by atoms with Crippen LogP contribution >= 0.6 is 0 Å². The lowest BCUT2D eigenvalue weighted by molar-refractivity contribution is 0.520. The monoisotopic (exact) mass is 333 g/mol. The van der Waals surface area contributed by atoms with E-state index < -0.39 is 0 Å². The summed E-state index contributed by atoms with van der Waals surface area (Å²) >= 11 is 0. The fourth-order valence-electron chi connectivity index (χ4n) is 3.54. The van der Waals surface area contributed by atoms with Crippen LogP contribution in [-0.4, -0.2) is 4.57 Å². The lowest BCUT2D eigenvalue weighted by atomic mass is 10.0. The van der Waals surface area contributed by atoms with Crippen molar-refractivity contribution in [1.82, 2.24) is 4.57 Å². The number of hydrogen-bond donors (Lipinski definition) is 0. The zero-order valence-corrected chi connectivity index (χ0v) is 16.5. The topological polar surface area (TPSA) is 4.93 Å². The fraction of sp³-hybridized carbons (Fsp3) is 0.826. The first-order chi connectivity index (χ1) is 11.9. The van der Waals surface area contributed by atoms with Gasteiger partial charge >= 0.3 is 0 Å². The first-order valence-corrected chi connectivity index (χ1v) is 11.0.